The SMILES string of the molecule is CC(C(=O)NC[C@@H](C)O)n1cnc2ccccc21. The summed E-state index contributed by atoms with van der Waals surface area (Å²) in [4.78, 5) is 16.2. The van der Waals surface area contributed by atoms with E-state index in [1.54, 1.807) is 13.3 Å². The van der Waals surface area contributed by atoms with Crippen molar-refractivity contribution in [3.8, 4) is 0 Å². The van der Waals surface area contributed by atoms with Crippen molar-refractivity contribution >= 4 is 16.9 Å². The van der Waals surface area contributed by atoms with Gasteiger partial charge in [-0.2, -0.15) is 0 Å². The Bertz CT molecular complexity index is 548. The van der Waals surface area contributed by atoms with Crippen LogP contribution in [0.4, 0.5) is 0 Å². The van der Waals surface area contributed by atoms with Crippen LogP contribution in [0, 0.1) is 0 Å². The van der Waals surface area contributed by atoms with Crippen molar-refractivity contribution in [3.63, 3.8) is 0 Å². The molecule has 2 atom stereocenters. The molecule has 0 saturated carbocycles. The summed E-state index contributed by atoms with van der Waals surface area (Å²) in [5.74, 6) is -0.126. The molecule has 2 rings (SSSR count). The van der Waals surface area contributed by atoms with Gasteiger partial charge in [-0.25, -0.2) is 4.98 Å². The second kappa shape index (κ2) is 5.18. The number of carbonyl (C=O) groups is 1. The second-order valence-corrected chi connectivity index (χ2v) is 4.41. The number of nitrogens with zero attached hydrogens (tertiary/aromatic N) is 2. The minimum Gasteiger partial charge on any atom is -0.392 e. The van der Waals surface area contributed by atoms with E-state index in [0.717, 1.165) is 11.0 Å². The van der Waals surface area contributed by atoms with Crippen molar-refractivity contribution in [1.29, 1.82) is 0 Å². The number of hydrogen-bond acceptors (Lipinski definition) is 3. The minimum atomic E-state index is -0.541. The highest BCUT2D eigenvalue weighted by Crippen LogP contribution is 2.17. The maximum absolute atomic E-state index is 11.9. The summed E-state index contributed by atoms with van der Waals surface area (Å²) in [5, 5.41) is 11.8. The fourth-order valence-corrected chi connectivity index (χ4v) is 1.81. The first kappa shape index (κ1) is 12.6. The van der Waals surface area contributed by atoms with Crippen molar-refractivity contribution < 1.29 is 9.90 Å². The van der Waals surface area contributed by atoms with Crippen LogP contribution >= 0.6 is 0 Å². The Morgan fingerprint density at radius 1 is 1.44 bits per heavy atom. The zero-order chi connectivity index (χ0) is 13.1. The lowest BCUT2D eigenvalue weighted by Gasteiger charge is -2.15. The Kier molecular flexibility index (Phi) is 3.62. The van der Waals surface area contributed by atoms with Crippen LogP contribution in [0.5, 0.6) is 0 Å². The van der Waals surface area contributed by atoms with Crippen LogP contribution in [0.1, 0.15) is 19.9 Å². The van der Waals surface area contributed by atoms with Gasteiger partial charge in [-0.1, -0.05) is 12.1 Å². The van der Waals surface area contributed by atoms with Crippen LogP contribution in [0.2, 0.25) is 0 Å². The monoisotopic (exact) mass is 247 g/mol. The number of carbonyl (C=O) groups excluding carboxylic acids is 1. The molecule has 0 aliphatic rings. The summed E-state index contributed by atoms with van der Waals surface area (Å²) < 4.78 is 1.83. The predicted octanol–water partition coefficient (Wildman–Crippen LogP) is 1.09. The van der Waals surface area contributed by atoms with Crippen LogP contribution in [0.3, 0.4) is 0 Å². The molecule has 0 saturated heterocycles. The van der Waals surface area contributed by atoms with Gasteiger partial charge in [0.1, 0.15) is 6.04 Å². The maximum atomic E-state index is 11.9. The molecule has 2 aromatic rings. The van der Waals surface area contributed by atoms with Crippen LogP contribution < -0.4 is 5.32 Å². The molecule has 0 spiro atoms. The molecule has 18 heavy (non-hydrogen) atoms. The number of imidazole rings is 1. The summed E-state index contributed by atoms with van der Waals surface area (Å²) in [6, 6.07) is 7.32. The van der Waals surface area contributed by atoms with Crippen LogP contribution in [-0.2, 0) is 4.79 Å². The van der Waals surface area contributed by atoms with E-state index in [4.69, 9.17) is 5.11 Å². The van der Waals surface area contributed by atoms with Gasteiger partial charge in [0, 0.05) is 6.54 Å². The average Bonchev–Trinajstić information content (AvgIpc) is 2.78. The quantitative estimate of drug-likeness (QED) is 0.850. The van der Waals surface area contributed by atoms with Crippen molar-refractivity contribution in [3.05, 3.63) is 30.6 Å². The van der Waals surface area contributed by atoms with Gasteiger partial charge >= 0.3 is 0 Å². The summed E-state index contributed by atoms with van der Waals surface area (Å²) >= 11 is 0. The van der Waals surface area contributed by atoms with Gasteiger partial charge < -0.3 is 15.0 Å². The summed E-state index contributed by atoms with van der Waals surface area (Å²) in [7, 11) is 0. The molecule has 5 heteroatoms. The van der Waals surface area contributed by atoms with Crippen LogP contribution in [-0.4, -0.2) is 33.2 Å². The zero-order valence-corrected chi connectivity index (χ0v) is 10.5. The fourth-order valence-electron chi connectivity index (χ4n) is 1.81. The molecule has 96 valence electrons. The number of aliphatic hydroxyl groups excluding tert-OH is 1. The normalized spacial score (nSPS) is 14.4. The van der Waals surface area contributed by atoms with Gasteiger partial charge in [0.15, 0.2) is 0 Å². The number of fused-ring (bicyclic) bond motifs is 1. The molecule has 0 aliphatic heterocycles. The van der Waals surface area contributed by atoms with E-state index in [-0.39, 0.29) is 18.5 Å². The number of amides is 1. The molecule has 2 N–H and O–H groups in total. The second-order valence-electron chi connectivity index (χ2n) is 4.41. The average molecular weight is 247 g/mol. The van der Waals surface area contributed by atoms with Gasteiger partial charge in [0.2, 0.25) is 5.91 Å². The lowest BCUT2D eigenvalue weighted by atomic mass is 10.2. The molecular formula is C13H17N3O2. The van der Waals surface area contributed by atoms with Crippen LogP contribution in [0.15, 0.2) is 30.6 Å². The minimum absolute atomic E-state index is 0.126. The summed E-state index contributed by atoms with van der Waals surface area (Å²) in [6.07, 6.45) is 1.12. The first-order valence-corrected chi connectivity index (χ1v) is 5.97. The fraction of sp³-hybridized carbons (Fsp3) is 0.385. The zero-order valence-electron chi connectivity index (χ0n) is 10.5. The van der Waals surface area contributed by atoms with Gasteiger partial charge in [0.25, 0.3) is 0 Å². The number of aliphatic hydroxyl groups is 1. The van der Waals surface area contributed by atoms with E-state index >= 15 is 0 Å². The Morgan fingerprint density at radius 2 is 2.17 bits per heavy atom. The highest BCUT2D eigenvalue weighted by atomic mass is 16.3. The first-order chi connectivity index (χ1) is 8.59. The van der Waals surface area contributed by atoms with E-state index in [2.05, 4.69) is 10.3 Å². The highest BCUT2D eigenvalue weighted by molar-refractivity contribution is 5.83. The number of nitrogens with one attached hydrogen (secondary N) is 1. The number of para-hydroxylation sites is 2. The number of benzene rings is 1. The Balaban J connectivity index is 2.18. The molecular weight excluding hydrogens is 230 g/mol. The van der Waals surface area contributed by atoms with E-state index in [0.29, 0.717) is 0 Å². The summed E-state index contributed by atoms with van der Waals surface area (Å²) in [5.41, 5.74) is 1.80. The van der Waals surface area contributed by atoms with Crippen LogP contribution in [0.25, 0.3) is 11.0 Å². The third-order valence-corrected chi connectivity index (χ3v) is 2.85. The predicted molar refractivity (Wildman–Crippen MR) is 69.1 cm³/mol. The van der Waals surface area contributed by atoms with E-state index in [9.17, 15) is 4.79 Å². The Hall–Kier alpha value is -1.88. The topological polar surface area (TPSA) is 67.2 Å². The smallest absolute Gasteiger partial charge is 0.242 e. The largest absolute Gasteiger partial charge is 0.392 e. The molecule has 0 bridgehead atoms. The van der Waals surface area contributed by atoms with Crippen molar-refractivity contribution in [2.24, 2.45) is 0 Å². The van der Waals surface area contributed by atoms with E-state index < -0.39 is 6.10 Å². The lowest BCUT2D eigenvalue weighted by Crippen LogP contribution is -2.35. The Labute approximate surface area is 105 Å². The number of hydrogen-bond donors (Lipinski definition) is 2. The van der Waals surface area contributed by atoms with Crippen molar-refractivity contribution in [2.45, 2.75) is 26.0 Å². The standard InChI is InChI=1S/C13H17N3O2/c1-9(17)7-14-13(18)10(2)16-8-15-11-5-3-4-6-12(11)16/h3-6,8-10,17H,7H2,1-2H3,(H,14,18)/t9-,10?/m1/s1. The van der Waals surface area contributed by atoms with E-state index in [1.807, 2.05) is 35.8 Å². The van der Waals surface area contributed by atoms with Crippen molar-refractivity contribution in [2.75, 3.05) is 6.54 Å². The van der Waals surface area contributed by atoms with E-state index in [1.165, 1.54) is 0 Å². The van der Waals surface area contributed by atoms with Crippen molar-refractivity contribution in [1.82, 2.24) is 14.9 Å². The van der Waals surface area contributed by atoms with Gasteiger partial charge in [-0.15, -0.1) is 0 Å². The molecule has 1 amide bonds. The molecule has 1 aromatic heterocycles. The molecule has 5 nitrogen and oxygen atoms in total. The molecule has 0 aliphatic carbocycles. The molecule has 1 aromatic carbocycles. The van der Waals surface area contributed by atoms with Gasteiger partial charge in [-0.3, -0.25) is 4.79 Å². The molecule has 0 radical (unpaired) electrons. The highest BCUT2D eigenvalue weighted by Gasteiger charge is 2.16. The Morgan fingerprint density at radius 3 is 2.89 bits per heavy atom. The first-order valence-electron chi connectivity index (χ1n) is 5.97. The number of rotatable bonds is 4. The third-order valence-electron chi connectivity index (χ3n) is 2.85. The molecule has 1 unspecified atom stereocenters. The summed E-state index contributed by atoms with van der Waals surface area (Å²) in [6.45, 7) is 3.71. The molecule has 1 heterocycles. The van der Waals surface area contributed by atoms with Gasteiger partial charge in [0.05, 0.1) is 23.5 Å². The molecule has 0 fully saturated rings. The third kappa shape index (κ3) is 2.51. The maximum Gasteiger partial charge on any atom is 0.242 e. The van der Waals surface area contributed by atoms with Gasteiger partial charge in [-0.05, 0) is 26.0 Å². The lowest BCUT2D eigenvalue weighted by molar-refractivity contribution is -0.124. The number of aromatic nitrogens is 2.